The molecule has 0 saturated carbocycles. The number of quaternary nitrogens is 3. The zero-order valence-electron chi connectivity index (χ0n) is 26.8. The van der Waals surface area contributed by atoms with Gasteiger partial charge in [0.1, 0.15) is 5.60 Å². The van der Waals surface area contributed by atoms with Gasteiger partial charge in [-0.25, -0.2) is 0 Å². The highest BCUT2D eigenvalue weighted by Crippen LogP contribution is 2.38. The van der Waals surface area contributed by atoms with Crippen molar-refractivity contribution in [3.8, 4) is 0 Å². The number of aliphatic carboxylic acids is 3. The summed E-state index contributed by atoms with van der Waals surface area (Å²) in [5.74, 6) is -8.36. The molecular weight excluding hydrogens is 532 g/mol. The minimum atomic E-state index is -3.25. The number of carbonyl (C=O) groups is 4. The van der Waals surface area contributed by atoms with Crippen molar-refractivity contribution in [1.29, 1.82) is 0 Å². The van der Waals surface area contributed by atoms with Crippen molar-refractivity contribution in [2.24, 2.45) is 11.3 Å². The van der Waals surface area contributed by atoms with Crippen LogP contribution in [0.3, 0.4) is 0 Å². The van der Waals surface area contributed by atoms with Crippen molar-refractivity contribution in [2.45, 2.75) is 142 Å². The van der Waals surface area contributed by atoms with Crippen molar-refractivity contribution in [3.63, 3.8) is 0 Å². The van der Waals surface area contributed by atoms with E-state index in [2.05, 4.69) is 12.2 Å². The SMILES string of the molecule is CCCCCCCCCCCCCCCCCC(=O)NCCCC(C(=O)[O-])C(O)(C(=O)[O-])C(C)(C)C(=O)[O-].[NH4+].[NH4+].[NH4+]. The van der Waals surface area contributed by atoms with Crippen LogP contribution in [-0.4, -0.2) is 41.1 Å². The summed E-state index contributed by atoms with van der Waals surface area (Å²) < 4.78 is 0. The quantitative estimate of drug-likeness (QED) is 0.0976. The van der Waals surface area contributed by atoms with Crippen molar-refractivity contribution < 1.29 is 39.6 Å². The molecule has 0 rings (SSSR count). The van der Waals surface area contributed by atoms with Crippen molar-refractivity contribution in [2.75, 3.05) is 6.54 Å². The molecule has 14 N–H and O–H groups in total. The van der Waals surface area contributed by atoms with E-state index in [1.165, 1.54) is 70.6 Å². The summed E-state index contributed by atoms with van der Waals surface area (Å²) in [5.41, 5.74) is -5.70. The lowest BCUT2D eigenvalue weighted by molar-refractivity contribution is -0.361. The van der Waals surface area contributed by atoms with Crippen LogP contribution in [0.4, 0.5) is 0 Å². The Hall–Kier alpha value is -2.28. The van der Waals surface area contributed by atoms with Gasteiger partial charge in [0.25, 0.3) is 0 Å². The highest BCUT2D eigenvalue weighted by Gasteiger charge is 2.52. The largest absolute Gasteiger partial charge is 0.550 e. The lowest BCUT2D eigenvalue weighted by Crippen LogP contribution is -2.69. The number of carboxylic acids is 3. The van der Waals surface area contributed by atoms with Crippen molar-refractivity contribution >= 4 is 23.8 Å². The highest BCUT2D eigenvalue weighted by atomic mass is 16.4. The molecule has 12 heteroatoms. The molecule has 0 saturated heterocycles. The van der Waals surface area contributed by atoms with E-state index in [1.807, 2.05) is 0 Å². The van der Waals surface area contributed by atoms with E-state index < -0.39 is 41.3 Å². The van der Waals surface area contributed by atoms with Crippen LogP contribution in [0.15, 0.2) is 0 Å². The van der Waals surface area contributed by atoms with Gasteiger partial charge in [0, 0.05) is 30.3 Å². The number of rotatable bonds is 25. The molecule has 0 aromatic heterocycles. The second kappa shape index (κ2) is 25.4. The molecule has 0 bridgehead atoms. The average Bonchev–Trinajstić information content (AvgIpc) is 2.85. The number of aliphatic hydroxyl groups is 1. The van der Waals surface area contributed by atoms with E-state index >= 15 is 0 Å². The van der Waals surface area contributed by atoms with Crippen molar-refractivity contribution in [3.05, 3.63) is 0 Å². The molecule has 2 unspecified atom stereocenters. The Morgan fingerprint density at radius 2 is 1.05 bits per heavy atom. The van der Waals surface area contributed by atoms with Gasteiger partial charge in [0.05, 0.1) is 11.9 Å². The van der Waals surface area contributed by atoms with E-state index in [4.69, 9.17) is 0 Å². The van der Waals surface area contributed by atoms with Gasteiger partial charge in [0.15, 0.2) is 0 Å². The summed E-state index contributed by atoms with van der Waals surface area (Å²) in [7, 11) is 0. The molecule has 1 amide bonds. The predicted molar refractivity (Wildman–Crippen MR) is 157 cm³/mol. The predicted octanol–water partition coefficient (Wildman–Crippen LogP) is 2.90. The van der Waals surface area contributed by atoms with Crippen molar-refractivity contribution in [1.82, 2.24) is 23.8 Å². The summed E-state index contributed by atoms with van der Waals surface area (Å²) in [6, 6.07) is 0. The van der Waals surface area contributed by atoms with E-state index in [-0.39, 0.29) is 37.3 Å². The molecule has 246 valence electrons. The number of carboxylic acid groups (broad SMARTS) is 3. The van der Waals surface area contributed by atoms with E-state index in [0.717, 1.165) is 39.5 Å². The van der Waals surface area contributed by atoms with E-state index in [1.54, 1.807) is 0 Å². The lowest BCUT2D eigenvalue weighted by atomic mass is 9.66. The summed E-state index contributed by atoms with van der Waals surface area (Å²) in [5, 5.41) is 47.7. The van der Waals surface area contributed by atoms with Gasteiger partial charge >= 0.3 is 0 Å². The Morgan fingerprint density at radius 3 is 1.39 bits per heavy atom. The molecule has 0 aliphatic carbocycles. The molecule has 0 aromatic rings. The topological polar surface area (TPSA) is 279 Å². The minimum Gasteiger partial charge on any atom is -0.550 e. The molecule has 0 fully saturated rings. The zero-order chi connectivity index (χ0) is 29.0. The van der Waals surface area contributed by atoms with Crippen LogP contribution < -0.4 is 39.1 Å². The van der Waals surface area contributed by atoms with Gasteiger partial charge in [0.2, 0.25) is 5.91 Å². The monoisotopic (exact) mass is 594 g/mol. The number of unbranched alkanes of at least 4 members (excludes halogenated alkanes) is 14. The third kappa shape index (κ3) is 17.3. The van der Waals surface area contributed by atoms with Crippen LogP contribution in [0, 0.1) is 11.3 Å². The molecular formula is C29H62N4O8. The summed E-state index contributed by atoms with van der Waals surface area (Å²) in [6.45, 7) is 4.00. The second-order valence-corrected chi connectivity index (χ2v) is 11.0. The van der Waals surface area contributed by atoms with Gasteiger partial charge in [-0.05, 0) is 19.3 Å². The second-order valence-electron chi connectivity index (χ2n) is 11.0. The van der Waals surface area contributed by atoms with Crippen LogP contribution in [0.1, 0.15) is 136 Å². The molecule has 0 aliphatic heterocycles. The Bertz CT molecular complexity index is 721. The molecule has 0 aliphatic rings. The van der Waals surface area contributed by atoms with Crippen LogP contribution in [0.2, 0.25) is 0 Å². The van der Waals surface area contributed by atoms with Gasteiger partial charge in [-0.15, -0.1) is 0 Å². The van der Waals surface area contributed by atoms with Gasteiger partial charge in [-0.3, -0.25) is 4.79 Å². The van der Waals surface area contributed by atoms with Crippen LogP contribution in [0.5, 0.6) is 0 Å². The third-order valence-electron chi connectivity index (χ3n) is 7.56. The first-order valence-electron chi connectivity index (χ1n) is 14.6. The van der Waals surface area contributed by atoms with Crippen LogP contribution in [-0.2, 0) is 19.2 Å². The fraction of sp³-hybridized carbons (Fsp3) is 0.862. The van der Waals surface area contributed by atoms with Crippen LogP contribution >= 0.6 is 0 Å². The molecule has 41 heavy (non-hydrogen) atoms. The van der Waals surface area contributed by atoms with Gasteiger partial charge < -0.3 is 58.6 Å². The minimum absolute atomic E-state index is 0. The summed E-state index contributed by atoms with van der Waals surface area (Å²) >= 11 is 0. The standard InChI is InChI=1S/C29H53NO8.3H3N/c1-4-5-6-7-8-9-10-11-12-13-14-15-16-17-18-21-24(31)30-22-19-20-23(25(32)33)29(38,27(36)37)28(2,3)26(34)35;;;/h23,38H,4-22H2,1-3H3,(H,30,31)(H,32,33)(H,34,35)(H,36,37);3*1H3. The Labute approximate surface area is 247 Å². The maximum absolute atomic E-state index is 12.0. The lowest BCUT2D eigenvalue weighted by Gasteiger charge is -2.49. The van der Waals surface area contributed by atoms with Gasteiger partial charge in [-0.2, -0.15) is 0 Å². The average molecular weight is 595 g/mol. The third-order valence-corrected chi connectivity index (χ3v) is 7.56. The Morgan fingerprint density at radius 1 is 0.659 bits per heavy atom. The first-order valence-corrected chi connectivity index (χ1v) is 14.6. The number of hydrogen-bond donors (Lipinski definition) is 5. The summed E-state index contributed by atoms with van der Waals surface area (Å²) in [4.78, 5) is 46.5. The molecule has 0 spiro atoms. The Kier molecular flexibility index (Phi) is 28.3. The number of nitrogens with one attached hydrogen (secondary N) is 1. The maximum Gasteiger partial charge on any atom is 0.219 e. The maximum atomic E-state index is 12.0. The number of amides is 1. The molecule has 0 aromatic carbocycles. The fourth-order valence-corrected chi connectivity index (χ4v) is 4.77. The fourth-order valence-electron chi connectivity index (χ4n) is 4.77. The molecule has 0 radical (unpaired) electrons. The highest BCUT2D eigenvalue weighted by molar-refractivity contribution is 5.91. The summed E-state index contributed by atoms with van der Waals surface area (Å²) in [6.07, 6.45) is 18.4. The molecule has 0 heterocycles. The zero-order valence-corrected chi connectivity index (χ0v) is 26.8. The first kappa shape index (κ1) is 45.7. The first-order chi connectivity index (χ1) is 17.9. The molecule has 2 atom stereocenters. The molecule has 12 nitrogen and oxygen atoms in total. The number of hydrogen-bond acceptors (Lipinski definition) is 8. The normalized spacial score (nSPS) is 13.0. The van der Waals surface area contributed by atoms with E-state index in [0.29, 0.717) is 6.42 Å². The Balaban J connectivity index is -0.00000228. The van der Waals surface area contributed by atoms with E-state index in [9.17, 15) is 39.6 Å². The smallest absolute Gasteiger partial charge is 0.219 e. The van der Waals surface area contributed by atoms with Crippen LogP contribution in [0.25, 0.3) is 0 Å². The number of carbonyl (C=O) groups excluding carboxylic acids is 4. The van der Waals surface area contributed by atoms with Gasteiger partial charge in [-0.1, -0.05) is 111 Å².